The lowest BCUT2D eigenvalue weighted by molar-refractivity contribution is -0.385. The number of aryl methyl sites for hydroxylation is 2. The zero-order chi connectivity index (χ0) is 18.0. The predicted octanol–water partition coefficient (Wildman–Crippen LogP) is 4.25. The first-order valence-corrected chi connectivity index (χ1v) is 8.80. The molecule has 0 saturated heterocycles. The van der Waals surface area contributed by atoms with Crippen molar-refractivity contribution in [2.24, 2.45) is 10.1 Å². The van der Waals surface area contributed by atoms with Gasteiger partial charge in [-0.25, -0.2) is 4.99 Å². The SMILES string of the molecule is Cc1ccc(C2=NNC(=Nc3cccc(C)c3C)SC2)cc1[N+](=O)[O-]. The van der Waals surface area contributed by atoms with E-state index >= 15 is 0 Å². The van der Waals surface area contributed by atoms with Gasteiger partial charge in [-0.1, -0.05) is 36.0 Å². The Morgan fingerprint density at radius 3 is 2.68 bits per heavy atom. The molecule has 25 heavy (non-hydrogen) atoms. The number of hydrogen-bond donors (Lipinski definition) is 1. The molecule has 0 bridgehead atoms. The maximum Gasteiger partial charge on any atom is 0.272 e. The van der Waals surface area contributed by atoms with Gasteiger partial charge in [0.05, 0.1) is 16.3 Å². The van der Waals surface area contributed by atoms with Gasteiger partial charge in [-0.3, -0.25) is 15.5 Å². The normalized spacial score (nSPS) is 15.6. The van der Waals surface area contributed by atoms with E-state index in [0.717, 1.165) is 27.7 Å². The minimum atomic E-state index is -0.365. The molecule has 0 atom stereocenters. The van der Waals surface area contributed by atoms with Crippen LogP contribution in [0.5, 0.6) is 0 Å². The van der Waals surface area contributed by atoms with Crippen molar-refractivity contribution in [1.82, 2.24) is 5.43 Å². The molecule has 3 rings (SSSR count). The van der Waals surface area contributed by atoms with E-state index in [2.05, 4.69) is 28.5 Å². The summed E-state index contributed by atoms with van der Waals surface area (Å²) in [5, 5.41) is 16.2. The number of nitrogens with one attached hydrogen (secondary N) is 1. The lowest BCUT2D eigenvalue weighted by atomic mass is 10.1. The Morgan fingerprint density at radius 1 is 1.20 bits per heavy atom. The summed E-state index contributed by atoms with van der Waals surface area (Å²) in [5.74, 6) is 0.608. The van der Waals surface area contributed by atoms with Crippen LogP contribution in [0.4, 0.5) is 11.4 Å². The van der Waals surface area contributed by atoms with Crippen LogP contribution in [0.3, 0.4) is 0 Å². The van der Waals surface area contributed by atoms with E-state index in [1.165, 1.54) is 17.3 Å². The standard InChI is InChI=1S/C18H18N4O2S/c1-11-5-4-6-15(13(11)3)19-18-21-20-16(10-25-18)14-8-7-12(2)17(9-14)22(23)24/h4-9H,10H2,1-3H3,(H,19,21). The molecular formula is C18H18N4O2S. The molecule has 0 saturated carbocycles. The minimum Gasteiger partial charge on any atom is -0.258 e. The maximum atomic E-state index is 11.1. The first-order valence-electron chi connectivity index (χ1n) is 7.81. The zero-order valence-corrected chi connectivity index (χ0v) is 15.1. The fraction of sp³-hybridized carbons (Fsp3) is 0.222. The smallest absolute Gasteiger partial charge is 0.258 e. The van der Waals surface area contributed by atoms with Gasteiger partial charge in [-0.15, -0.1) is 0 Å². The lowest BCUT2D eigenvalue weighted by Gasteiger charge is -2.15. The zero-order valence-electron chi connectivity index (χ0n) is 14.2. The summed E-state index contributed by atoms with van der Waals surface area (Å²) < 4.78 is 0. The molecule has 0 radical (unpaired) electrons. The molecule has 1 aliphatic rings. The van der Waals surface area contributed by atoms with Crippen molar-refractivity contribution >= 4 is 34.0 Å². The number of benzene rings is 2. The number of rotatable bonds is 3. The highest BCUT2D eigenvalue weighted by molar-refractivity contribution is 8.14. The van der Waals surface area contributed by atoms with Gasteiger partial charge in [0, 0.05) is 22.9 Å². The van der Waals surface area contributed by atoms with Crippen molar-refractivity contribution in [2.45, 2.75) is 20.8 Å². The van der Waals surface area contributed by atoms with Gasteiger partial charge in [0.2, 0.25) is 0 Å². The summed E-state index contributed by atoms with van der Waals surface area (Å²) in [4.78, 5) is 15.4. The molecule has 0 spiro atoms. The molecule has 0 aliphatic carbocycles. The van der Waals surface area contributed by atoms with Crippen molar-refractivity contribution in [3.63, 3.8) is 0 Å². The molecule has 2 aromatic carbocycles. The molecule has 7 heteroatoms. The molecule has 0 aromatic heterocycles. The number of thioether (sulfide) groups is 1. The van der Waals surface area contributed by atoms with Gasteiger partial charge in [-0.2, -0.15) is 5.10 Å². The van der Waals surface area contributed by atoms with Crippen LogP contribution in [0.1, 0.15) is 22.3 Å². The van der Waals surface area contributed by atoms with Crippen LogP contribution in [-0.2, 0) is 0 Å². The Labute approximate surface area is 150 Å². The summed E-state index contributed by atoms with van der Waals surface area (Å²) in [5.41, 5.74) is 8.48. The van der Waals surface area contributed by atoms with Crippen molar-refractivity contribution in [2.75, 3.05) is 5.75 Å². The average molecular weight is 354 g/mol. The number of amidine groups is 1. The Bertz CT molecular complexity index is 906. The van der Waals surface area contributed by atoms with Crippen LogP contribution in [0.15, 0.2) is 46.5 Å². The Hall–Kier alpha value is -2.67. The Kier molecular flexibility index (Phi) is 4.85. The molecule has 0 unspecified atom stereocenters. The van der Waals surface area contributed by atoms with E-state index in [0.29, 0.717) is 11.3 Å². The molecule has 1 aliphatic heterocycles. The molecule has 1 heterocycles. The minimum absolute atomic E-state index is 0.111. The van der Waals surface area contributed by atoms with Crippen molar-refractivity contribution in [1.29, 1.82) is 0 Å². The van der Waals surface area contributed by atoms with Crippen LogP contribution in [0.25, 0.3) is 0 Å². The maximum absolute atomic E-state index is 11.1. The fourth-order valence-electron chi connectivity index (χ4n) is 2.47. The number of hydrogen-bond acceptors (Lipinski definition) is 5. The molecule has 0 fully saturated rings. The largest absolute Gasteiger partial charge is 0.272 e. The summed E-state index contributed by atoms with van der Waals surface area (Å²) in [7, 11) is 0. The van der Waals surface area contributed by atoms with E-state index < -0.39 is 0 Å². The predicted molar refractivity (Wildman–Crippen MR) is 103 cm³/mol. The first kappa shape index (κ1) is 17.2. The van der Waals surface area contributed by atoms with Crippen molar-refractivity contribution in [3.05, 3.63) is 68.8 Å². The topological polar surface area (TPSA) is 79.9 Å². The quantitative estimate of drug-likeness (QED) is 0.660. The van der Waals surface area contributed by atoms with E-state index in [4.69, 9.17) is 0 Å². The third kappa shape index (κ3) is 3.71. The summed E-state index contributed by atoms with van der Waals surface area (Å²) in [6.45, 7) is 5.83. The number of nitrogens with zero attached hydrogens (tertiary/aromatic N) is 3. The highest BCUT2D eigenvalue weighted by Crippen LogP contribution is 2.25. The second kappa shape index (κ2) is 7.06. The number of nitro benzene ring substituents is 1. The Balaban J connectivity index is 1.83. The molecule has 128 valence electrons. The van der Waals surface area contributed by atoms with Gasteiger partial charge in [0.1, 0.15) is 0 Å². The van der Waals surface area contributed by atoms with E-state index in [-0.39, 0.29) is 10.6 Å². The van der Waals surface area contributed by atoms with E-state index in [1.807, 2.05) is 25.1 Å². The van der Waals surface area contributed by atoms with Crippen molar-refractivity contribution < 1.29 is 4.92 Å². The summed E-state index contributed by atoms with van der Waals surface area (Å²) >= 11 is 1.53. The van der Waals surface area contributed by atoms with E-state index in [1.54, 1.807) is 19.1 Å². The highest BCUT2D eigenvalue weighted by atomic mass is 32.2. The number of aliphatic imine (C=N–C) groups is 1. The van der Waals surface area contributed by atoms with Crippen molar-refractivity contribution in [3.8, 4) is 0 Å². The third-order valence-electron chi connectivity index (χ3n) is 4.17. The highest BCUT2D eigenvalue weighted by Gasteiger charge is 2.17. The number of hydrazone groups is 1. The third-order valence-corrected chi connectivity index (χ3v) is 5.04. The number of nitro groups is 1. The van der Waals surface area contributed by atoms with Crippen LogP contribution in [-0.4, -0.2) is 21.6 Å². The first-order chi connectivity index (χ1) is 12.0. The van der Waals surface area contributed by atoms with Gasteiger partial charge in [-0.05, 0) is 38.0 Å². The van der Waals surface area contributed by atoms with Gasteiger partial charge in [0.25, 0.3) is 5.69 Å². The van der Waals surface area contributed by atoms with Gasteiger partial charge in [0.15, 0.2) is 5.17 Å². The van der Waals surface area contributed by atoms with Crippen LogP contribution < -0.4 is 5.43 Å². The van der Waals surface area contributed by atoms with Gasteiger partial charge < -0.3 is 0 Å². The van der Waals surface area contributed by atoms with E-state index in [9.17, 15) is 10.1 Å². The van der Waals surface area contributed by atoms with Crippen LogP contribution >= 0.6 is 11.8 Å². The molecule has 0 amide bonds. The molecule has 2 aromatic rings. The summed E-state index contributed by atoms with van der Waals surface area (Å²) in [6, 6.07) is 11.2. The average Bonchev–Trinajstić information content (AvgIpc) is 2.60. The molecule has 1 N–H and O–H groups in total. The molecule has 6 nitrogen and oxygen atoms in total. The van der Waals surface area contributed by atoms with Gasteiger partial charge >= 0.3 is 0 Å². The second-order valence-corrected chi connectivity index (χ2v) is 6.82. The second-order valence-electron chi connectivity index (χ2n) is 5.85. The van der Waals surface area contributed by atoms with Crippen LogP contribution in [0, 0.1) is 30.9 Å². The Morgan fingerprint density at radius 2 is 2.00 bits per heavy atom. The molecular weight excluding hydrogens is 336 g/mol. The summed E-state index contributed by atoms with van der Waals surface area (Å²) in [6.07, 6.45) is 0. The van der Waals surface area contributed by atoms with Crippen LogP contribution in [0.2, 0.25) is 0 Å². The fourth-order valence-corrected chi connectivity index (χ4v) is 3.25. The monoisotopic (exact) mass is 354 g/mol. The lowest BCUT2D eigenvalue weighted by Crippen LogP contribution is -2.25.